The van der Waals surface area contributed by atoms with E-state index < -0.39 is 11.8 Å². The molecule has 1 rings (SSSR count). The zero-order chi connectivity index (χ0) is 12.0. The smallest absolute Gasteiger partial charge is 0.340 e. The predicted octanol–water partition coefficient (Wildman–Crippen LogP) is 3.35. The number of esters is 1. The molecular formula is C13H17FO2. The molecule has 0 heterocycles. The summed E-state index contributed by atoms with van der Waals surface area (Å²) in [6.07, 6.45) is 4.18. The van der Waals surface area contributed by atoms with Gasteiger partial charge in [-0.2, -0.15) is 0 Å². The van der Waals surface area contributed by atoms with Crippen molar-refractivity contribution >= 4 is 5.97 Å². The number of carbonyl (C=O) groups is 1. The highest BCUT2D eigenvalue weighted by atomic mass is 19.1. The van der Waals surface area contributed by atoms with Gasteiger partial charge in [0.05, 0.1) is 12.7 Å². The standard InChI is InChI=1S/C13H17FO2/c1-3-4-5-6-10-7-8-11(12(14)9-10)13(15)16-2/h7-9H,3-6H2,1-2H3. The highest BCUT2D eigenvalue weighted by Gasteiger charge is 2.11. The van der Waals surface area contributed by atoms with Crippen molar-refractivity contribution in [1.29, 1.82) is 0 Å². The Bertz CT molecular complexity index is 361. The second-order valence-corrected chi connectivity index (χ2v) is 3.76. The fourth-order valence-corrected chi connectivity index (χ4v) is 1.57. The summed E-state index contributed by atoms with van der Waals surface area (Å²) in [6.45, 7) is 2.13. The van der Waals surface area contributed by atoms with Crippen LogP contribution in [0.3, 0.4) is 0 Å². The maximum Gasteiger partial charge on any atom is 0.340 e. The van der Waals surface area contributed by atoms with E-state index in [1.807, 2.05) is 0 Å². The SMILES string of the molecule is CCCCCc1ccc(C(=O)OC)c(F)c1. The average molecular weight is 224 g/mol. The molecule has 0 aliphatic rings. The molecule has 0 unspecified atom stereocenters. The molecule has 1 aromatic rings. The first-order valence-electron chi connectivity index (χ1n) is 5.55. The van der Waals surface area contributed by atoms with E-state index in [-0.39, 0.29) is 5.56 Å². The second-order valence-electron chi connectivity index (χ2n) is 3.76. The number of methoxy groups -OCH3 is 1. The topological polar surface area (TPSA) is 26.3 Å². The van der Waals surface area contributed by atoms with Gasteiger partial charge in [0.25, 0.3) is 0 Å². The molecule has 0 amide bonds. The van der Waals surface area contributed by atoms with E-state index in [0.717, 1.165) is 31.2 Å². The third kappa shape index (κ3) is 3.33. The highest BCUT2D eigenvalue weighted by Crippen LogP contribution is 2.14. The van der Waals surface area contributed by atoms with Gasteiger partial charge in [-0.25, -0.2) is 9.18 Å². The lowest BCUT2D eigenvalue weighted by molar-refractivity contribution is 0.0595. The molecule has 0 fully saturated rings. The fourth-order valence-electron chi connectivity index (χ4n) is 1.57. The molecule has 0 radical (unpaired) electrons. The molecule has 88 valence electrons. The van der Waals surface area contributed by atoms with Crippen molar-refractivity contribution < 1.29 is 13.9 Å². The van der Waals surface area contributed by atoms with E-state index >= 15 is 0 Å². The highest BCUT2D eigenvalue weighted by molar-refractivity contribution is 5.89. The predicted molar refractivity (Wildman–Crippen MR) is 61.0 cm³/mol. The summed E-state index contributed by atoms with van der Waals surface area (Å²) in [4.78, 5) is 11.1. The van der Waals surface area contributed by atoms with Gasteiger partial charge in [-0.05, 0) is 30.5 Å². The summed E-state index contributed by atoms with van der Waals surface area (Å²) in [5, 5.41) is 0. The minimum atomic E-state index is -0.627. The Kier molecular flexibility index (Phi) is 4.96. The minimum Gasteiger partial charge on any atom is -0.465 e. The van der Waals surface area contributed by atoms with Crippen molar-refractivity contribution in [1.82, 2.24) is 0 Å². The van der Waals surface area contributed by atoms with E-state index in [1.165, 1.54) is 19.2 Å². The van der Waals surface area contributed by atoms with E-state index in [9.17, 15) is 9.18 Å². The number of benzene rings is 1. The molecule has 16 heavy (non-hydrogen) atoms. The zero-order valence-electron chi connectivity index (χ0n) is 9.75. The van der Waals surface area contributed by atoms with Gasteiger partial charge in [0, 0.05) is 0 Å². The van der Waals surface area contributed by atoms with Crippen molar-refractivity contribution in [3.05, 3.63) is 35.1 Å². The normalized spacial score (nSPS) is 10.2. The first kappa shape index (κ1) is 12.7. The quantitative estimate of drug-likeness (QED) is 0.566. The number of halogens is 1. The third-order valence-corrected chi connectivity index (χ3v) is 2.51. The van der Waals surface area contributed by atoms with Crippen LogP contribution in [0.25, 0.3) is 0 Å². The Morgan fingerprint density at radius 3 is 2.69 bits per heavy atom. The third-order valence-electron chi connectivity index (χ3n) is 2.51. The minimum absolute atomic E-state index is 0.00161. The van der Waals surface area contributed by atoms with Crippen LogP contribution < -0.4 is 0 Å². The summed E-state index contributed by atoms with van der Waals surface area (Å²) in [6, 6.07) is 4.69. The van der Waals surface area contributed by atoms with Crippen LogP contribution in [0.5, 0.6) is 0 Å². The summed E-state index contributed by atoms with van der Waals surface area (Å²) >= 11 is 0. The van der Waals surface area contributed by atoms with Crippen LogP contribution in [0, 0.1) is 5.82 Å². The van der Waals surface area contributed by atoms with Crippen LogP contribution in [0.15, 0.2) is 18.2 Å². The number of rotatable bonds is 5. The first-order valence-corrected chi connectivity index (χ1v) is 5.55. The monoisotopic (exact) mass is 224 g/mol. The number of aryl methyl sites for hydroxylation is 1. The van der Waals surface area contributed by atoms with Gasteiger partial charge in [0.2, 0.25) is 0 Å². The molecule has 2 nitrogen and oxygen atoms in total. The van der Waals surface area contributed by atoms with Gasteiger partial charge in [0.1, 0.15) is 5.82 Å². The number of hydrogen-bond donors (Lipinski definition) is 0. The number of carbonyl (C=O) groups excluding carboxylic acids is 1. The summed E-state index contributed by atoms with van der Waals surface area (Å²) < 4.78 is 18.0. The summed E-state index contributed by atoms with van der Waals surface area (Å²) in [5.74, 6) is -1.13. The van der Waals surface area contributed by atoms with E-state index in [0.29, 0.717) is 0 Å². The van der Waals surface area contributed by atoms with Gasteiger partial charge in [0.15, 0.2) is 0 Å². The molecule has 0 saturated heterocycles. The number of ether oxygens (including phenoxy) is 1. The Morgan fingerprint density at radius 1 is 1.38 bits per heavy atom. The van der Waals surface area contributed by atoms with Crippen molar-refractivity contribution in [2.24, 2.45) is 0 Å². The van der Waals surface area contributed by atoms with Crippen molar-refractivity contribution in [3.8, 4) is 0 Å². The average Bonchev–Trinajstić information content (AvgIpc) is 2.29. The molecule has 3 heteroatoms. The molecule has 1 aromatic carbocycles. The van der Waals surface area contributed by atoms with Crippen molar-refractivity contribution in [3.63, 3.8) is 0 Å². The van der Waals surface area contributed by atoms with Gasteiger partial charge in [-0.3, -0.25) is 0 Å². The Morgan fingerprint density at radius 2 is 2.12 bits per heavy atom. The Labute approximate surface area is 95.4 Å². The molecule has 0 spiro atoms. The zero-order valence-corrected chi connectivity index (χ0v) is 9.75. The van der Waals surface area contributed by atoms with Crippen LogP contribution in [0.1, 0.15) is 42.1 Å². The molecule has 0 N–H and O–H groups in total. The maximum atomic E-state index is 13.5. The lowest BCUT2D eigenvalue weighted by Gasteiger charge is -2.04. The van der Waals surface area contributed by atoms with Gasteiger partial charge >= 0.3 is 5.97 Å². The largest absolute Gasteiger partial charge is 0.465 e. The van der Waals surface area contributed by atoms with Crippen molar-refractivity contribution in [2.45, 2.75) is 32.6 Å². The number of hydrogen-bond acceptors (Lipinski definition) is 2. The van der Waals surface area contributed by atoms with Gasteiger partial charge < -0.3 is 4.74 Å². The van der Waals surface area contributed by atoms with Crippen LogP contribution in [0.2, 0.25) is 0 Å². The lowest BCUT2D eigenvalue weighted by atomic mass is 10.0. The van der Waals surface area contributed by atoms with Gasteiger partial charge in [-0.1, -0.05) is 25.8 Å². The molecule has 0 aliphatic heterocycles. The molecule has 0 aliphatic carbocycles. The Hall–Kier alpha value is -1.38. The first-order chi connectivity index (χ1) is 7.69. The summed E-state index contributed by atoms with van der Waals surface area (Å²) in [7, 11) is 1.25. The van der Waals surface area contributed by atoms with Gasteiger partial charge in [-0.15, -0.1) is 0 Å². The summed E-state index contributed by atoms with van der Waals surface area (Å²) in [5.41, 5.74) is 0.931. The van der Waals surface area contributed by atoms with E-state index in [2.05, 4.69) is 11.7 Å². The van der Waals surface area contributed by atoms with Crippen molar-refractivity contribution in [2.75, 3.05) is 7.11 Å². The van der Waals surface area contributed by atoms with Crippen LogP contribution in [-0.4, -0.2) is 13.1 Å². The Balaban J connectivity index is 2.71. The molecular weight excluding hydrogens is 207 g/mol. The maximum absolute atomic E-state index is 13.5. The molecule has 0 bridgehead atoms. The second kappa shape index (κ2) is 6.26. The van der Waals surface area contributed by atoms with Crippen LogP contribution in [0.4, 0.5) is 4.39 Å². The van der Waals surface area contributed by atoms with Crippen LogP contribution >= 0.6 is 0 Å². The van der Waals surface area contributed by atoms with E-state index in [4.69, 9.17) is 0 Å². The molecule has 0 atom stereocenters. The lowest BCUT2D eigenvalue weighted by Crippen LogP contribution is -2.04. The van der Waals surface area contributed by atoms with Crippen LogP contribution in [-0.2, 0) is 11.2 Å². The fraction of sp³-hybridized carbons (Fsp3) is 0.462. The van der Waals surface area contributed by atoms with E-state index in [1.54, 1.807) is 6.07 Å². The number of unbranched alkanes of at least 4 members (excludes halogenated alkanes) is 2. The molecule has 0 aromatic heterocycles. The molecule has 0 saturated carbocycles.